The molecule has 0 radical (unpaired) electrons. The molecule has 0 unspecified atom stereocenters. The van der Waals surface area contributed by atoms with Crippen molar-refractivity contribution in [2.45, 2.75) is 115 Å². The molecule has 0 spiro atoms. The van der Waals surface area contributed by atoms with Crippen LogP contribution in [0.15, 0.2) is 42.5 Å². The van der Waals surface area contributed by atoms with Gasteiger partial charge in [-0.3, -0.25) is 0 Å². The third-order valence-corrected chi connectivity index (χ3v) is 8.72. The van der Waals surface area contributed by atoms with E-state index in [9.17, 15) is 8.78 Å². The summed E-state index contributed by atoms with van der Waals surface area (Å²) in [5, 5.41) is 0.589. The molecule has 9 heteroatoms. The molecule has 2 aliphatic rings. The zero-order valence-electron chi connectivity index (χ0n) is 26.6. The second kappa shape index (κ2) is 16.7. The molecule has 2 aliphatic heterocycles. The van der Waals surface area contributed by atoms with E-state index in [1.807, 2.05) is 49.4 Å². The summed E-state index contributed by atoms with van der Waals surface area (Å²) in [6.07, 6.45) is 0.414. The largest absolute Gasteiger partial charge is 0.494 e. The lowest BCUT2D eigenvalue weighted by Crippen LogP contribution is -2.67. The highest BCUT2D eigenvalue weighted by molar-refractivity contribution is 6.31. The summed E-state index contributed by atoms with van der Waals surface area (Å²) >= 11 is 6.73. The Hall–Kier alpha value is -1.81. The molecule has 2 fully saturated rings. The van der Waals surface area contributed by atoms with Gasteiger partial charge in [-0.25, -0.2) is 8.78 Å². The normalized spacial score (nSPS) is 26.4. The number of benzene rings is 2. The predicted octanol–water partition coefficient (Wildman–Crippen LogP) is 8.49. The minimum atomic E-state index is -2.62. The molecule has 6 nitrogen and oxygen atoms in total. The molecule has 4 rings (SSSR count). The van der Waals surface area contributed by atoms with Gasteiger partial charge in [-0.1, -0.05) is 69.8 Å². The standard InChI is InChI=1S/C35H49ClF2O6/c1-5-9-18-40-31-32(41-19-10-6-2)34(23-30(37)38)24-43-35(44-34,33(31)42-20-11-7-3)27-14-17-29(36)26(22-27)21-25-12-15-28(16-13-25)39-8-4/h12-17,22,30-33H,5-11,18-21,23-24H2,1-4H3/t31-,32-,33+,34-,35-/m0/s1. The van der Waals surface area contributed by atoms with Gasteiger partial charge in [0.05, 0.1) is 13.2 Å². The van der Waals surface area contributed by atoms with E-state index in [1.165, 1.54) is 0 Å². The quantitative estimate of drug-likeness (QED) is 0.144. The van der Waals surface area contributed by atoms with Crippen LogP contribution in [0.25, 0.3) is 0 Å². The Morgan fingerprint density at radius 1 is 0.864 bits per heavy atom. The van der Waals surface area contributed by atoms with Gasteiger partial charge in [0.25, 0.3) is 0 Å². The van der Waals surface area contributed by atoms with Gasteiger partial charge in [0.15, 0.2) is 0 Å². The maximum Gasteiger partial charge on any atom is 0.241 e. The molecule has 0 aromatic heterocycles. The molecule has 0 N–H and O–H groups in total. The zero-order chi connectivity index (χ0) is 31.6. The van der Waals surface area contributed by atoms with Crippen LogP contribution in [0, 0.1) is 0 Å². The zero-order valence-corrected chi connectivity index (χ0v) is 27.4. The van der Waals surface area contributed by atoms with Crippen molar-refractivity contribution in [3.05, 3.63) is 64.2 Å². The molecule has 0 saturated carbocycles. The number of hydrogen-bond acceptors (Lipinski definition) is 6. The first-order chi connectivity index (χ1) is 21.3. The van der Waals surface area contributed by atoms with E-state index < -0.39 is 42.5 Å². The second-order valence-corrected chi connectivity index (χ2v) is 12.2. The number of ether oxygens (including phenoxy) is 6. The first-order valence-electron chi connectivity index (χ1n) is 16.3. The van der Waals surface area contributed by atoms with Gasteiger partial charge in [-0.2, -0.15) is 0 Å². The van der Waals surface area contributed by atoms with Gasteiger partial charge < -0.3 is 28.4 Å². The smallest absolute Gasteiger partial charge is 0.241 e. The molecule has 2 aromatic rings. The molecule has 2 heterocycles. The molecule has 0 amide bonds. The van der Waals surface area contributed by atoms with E-state index in [4.69, 9.17) is 40.0 Å². The maximum atomic E-state index is 14.3. The number of alkyl halides is 2. The molecule has 5 atom stereocenters. The van der Waals surface area contributed by atoms with Gasteiger partial charge in [0.2, 0.25) is 12.2 Å². The number of rotatable bonds is 19. The van der Waals surface area contributed by atoms with Gasteiger partial charge >= 0.3 is 0 Å². The molecular formula is C35H49ClF2O6. The highest BCUT2D eigenvalue weighted by atomic mass is 35.5. The topological polar surface area (TPSA) is 55.4 Å². The van der Waals surface area contributed by atoms with Crippen LogP contribution in [0.1, 0.15) is 89.3 Å². The van der Waals surface area contributed by atoms with Crippen molar-refractivity contribution >= 4 is 11.6 Å². The molecule has 0 aliphatic carbocycles. The van der Waals surface area contributed by atoms with Crippen molar-refractivity contribution < 1.29 is 37.2 Å². The first kappa shape index (κ1) is 35.1. The van der Waals surface area contributed by atoms with E-state index in [0.29, 0.717) is 43.4 Å². The van der Waals surface area contributed by atoms with Crippen molar-refractivity contribution in [1.82, 2.24) is 0 Å². The SMILES string of the molecule is CCCCO[C@@H]1[C@@H](OCCCC)[C@@]2(c3ccc(Cl)c(Cc4ccc(OCC)cc4)c3)OC[C@](CC(F)F)(O2)[C@H]1OCCCC. The summed E-state index contributed by atoms with van der Waals surface area (Å²) < 4.78 is 67.0. The summed E-state index contributed by atoms with van der Waals surface area (Å²) in [6, 6.07) is 13.5. The Balaban J connectivity index is 1.77. The third kappa shape index (κ3) is 8.12. The van der Waals surface area contributed by atoms with Crippen molar-refractivity contribution in [2.24, 2.45) is 0 Å². The molecule has 44 heavy (non-hydrogen) atoms. The van der Waals surface area contributed by atoms with Crippen LogP contribution in [0.2, 0.25) is 5.02 Å². The van der Waals surface area contributed by atoms with Gasteiger partial charge in [-0.05, 0) is 68.0 Å². The van der Waals surface area contributed by atoms with E-state index in [0.717, 1.165) is 55.4 Å². The lowest BCUT2D eigenvalue weighted by molar-refractivity contribution is -0.348. The van der Waals surface area contributed by atoms with Crippen LogP contribution in [0.4, 0.5) is 8.78 Å². The van der Waals surface area contributed by atoms with Crippen LogP contribution in [0.3, 0.4) is 0 Å². The average Bonchev–Trinajstić information content (AvgIpc) is 3.35. The minimum absolute atomic E-state index is 0.0632. The molecule has 246 valence electrons. The van der Waals surface area contributed by atoms with Crippen LogP contribution in [-0.2, 0) is 35.9 Å². The Morgan fingerprint density at radius 2 is 1.50 bits per heavy atom. The number of fused-ring (bicyclic) bond motifs is 2. The molecular weight excluding hydrogens is 590 g/mol. The average molecular weight is 639 g/mol. The van der Waals surface area contributed by atoms with Crippen LogP contribution in [-0.4, -0.2) is 63.4 Å². The highest BCUT2D eigenvalue weighted by Gasteiger charge is 2.69. The minimum Gasteiger partial charge on any atom is -0.494 e. The van der Waals surface area contributed by atoms with Crippen molar-refractivity contribution in [2.75, 3.05) is 33.0 Å². The fourth-order valence-electron chi connectivity index (χ4n) is 6.05. The van der Waals surface area contributed by atoms with E-state index >= 15 is 0 Å². The lowest BCUT2D eigenvalue weighted by Gasteiger charge is -2.51. The highest BCUT2D eigenvalue weighted by Crippen LogP contribution is 2.54. The number of unbranched alkanes of at least 4 members (excludes halogenated alkanes) is 3. The Kier molecular flexibility index (Phi) is 13.3. The van der Waals surface area contributed by atoms with Gasteiger partial charge in [0, 0.05) is 36.8 Å². The third-order valence-electron chi connectivity index (χ3n) is 8.35. The Labute approximate surface area is 266 Å². The van der Waals surface area contributed by atoms with E-state index in [-0.39, 0.29) is 6.61 Å². The monoisotopic (exact) mass is 638 g/mol. The van der Waals surface area contributed by atoms with Crippen molar-refractivity contribution in [3.63, 3.8) is 0 Å². The molecule has 2 bridgehead atoms. The Bertz CT molecular complexity index is 1150. The maximum absolute atomic E-state index is 14.3. The number of hydrogen-bond donors (Lipinski definition) is 0. The second-order valence-electron chi connectivity index (χ2n) is 11.8. The summed E-state index contributed by atoms with van der Waals surface area (Å²) in [4.78, 5) is 0. The molecule has 2 saturated heterocycles. The van der Waals surface area contributed by atoms with Crippen molar-refractivity contribution in [3.8, 4) is 5.75 Å². The van der Waals surface area contributed by atoms with E-state index in [1.54, 1.807) is 0 Å². The first-order valence-corrected chi connectivity index (χ1v) is 16.7. The Morgan fingerprint density at radius 3 is 2.11 bits per heavy atom. The fraction of sp³-hybridized carbons (Fsp3) is 0.657. The lowest BCUT2D eigenvalue weighted by atomic mass is 9.81. The van der Waals surface area contributed by atoms with Crippen LogP contribution < -0.4 is 4.74 Å². The number of halogens is 3. The van der Waals surface area contributed by atoms with Gasteiger partial charge in [-0.15, -0.1) is 0 Å². The van der Waals surface area contributed by atoms with Gasteiger partial charge in [0.1, 0.15) is 29.7 Å². The summed E-state index contributed by atoms with van der Waals surface area (Å²) in [7, 11) is 0. The summed E-state index contributed by atoms with van der Waals surface area (Å²) in [5.41, 5.74) is 1.17. The predicted molar refractivity (Wildman–Crippen MR) is 168 cm³/mol. The summed E-state index contributed by atoms with van der Waals surface area (Å²) in [5.74, 6) is -0.667. The van der Waals surface area contributed by atoms with Crippen LogP contribution >= 0.6 is 11.6 Å². The van der Waals surface area contributed by atoms with Crippen molar-refractivity contribution in [1.29, 1.82) is 0 Å². The van der Waals surface area contributed by atoms with Crippen LogP contribution in [0.5, 0.6) is 5.75 Å². The molecule has 2 aromatic carbocycles. The summed E-state index contributed by atoms with van der Waals surface area (Å²) in [6.45, 7) is 10.0. The van der Waals surface area contributed by atoms with E-state index in [2.05, 4.69) is 20.8 Å². The fourth-order valence-corrected chi connectivity index (χ4v) is 6.23.